The minimum Gasteiger partial charge on any atom is -0.407 e. The Hall–Kier alpha value is -1.06. The molecule has 18 heavy (non-hydrogen) atoms. The van der Waals surface area contributed by atoms with Crippen LogP contribution in [0.1, 0.15) is 31.4 Å². The molecule has 0 bridgehead atoms. The van der Waals surface area contributed by atoms with Gasteiger partial charge in [0.1, 0.15) is 0 Å². The van der Waals surface area contributed by atoms with Crippen LogP contribution in [0.5, 0.6) is 0 Å². The van der Waals surface area contributed by atoms with Gasteiger partial charge in [0.2, 0.25) is 0 Å². The lowest BCUT2D eigenvalue weighted by molar-refractivity contribution is 0.0319. The topological polar surface area (TPSA) is 18.5 Å². The molecule has 2 aliphatic rings. The highest BCUT2D eigenvalue weighted by atomic mass is 16.6. The Morgan fingerprint density at radius 2 is 1.78 bits per heavy atom. The molecule has 2 nitrogen and oxygen atoms in total. The van der Waals surface area contributed by atoms with Crippen LogP contribution in [0.4, 0.5) is 0 Å². The van der Waals surface area contributed by atoms with Crippen molar-refractivity contribution in [3.63, 3.8) is 0 Å². The maximum absolute atomic E-state index is 5.86. The average Bonchev–Trinajstić information content (AvgIpc) is 2.38. The average molecular weight is 242 g/mol. The fraction of sp³-hybridized carbons (Fsp3) is 0.467. The second-order valence-electron chi connectivity index (χ2n) is 6.04. The lowest BCUT2D eigenvalue weighted by Gasteiger charge is -2.34. The fourth-order valence-electron chi connectivity index (χ4n) is 2.55. The van der Waals surface area contributed by atoms with E-state index in [2.05, 4.69) is 44.2 Å². The monoisotopic (exact) mass is 242 g/mol. The van der Waals surface area contributed by atoms with E-state index in [1.807, 2.05) is 0 Å². The maximum Gasteiger partial charge on any atom is 0.489 e. The minimum absolute atomic E-state index is 0.133. The molecule has 3 rings (SSSR count). The van der Waals surface area contributed by atoms with Crippen LogP contribution < -0.4 is 0 Å². The normalized spacial score (nSPS) is 22.3. The number of benzene rings is 1. The molecule has 1 aliphatic heterocycles. The van der Waals surface area contributed by atoms with Gasteiger partial charge in [-0.3, -0.25) is 0 Å². The first-order chi connectivity index (χ1) is 8.64. The third-order valence-corrected chi connectivity index (χ3v) is 3.63. The summed E-state index contributed by atoms with van der Waals surface area (Å²) in [5, 5.41) is 0. The molecule has 1 heterocycles. The first-order valence-electron chi connectivity index (χ1n) is 6.66. The van der Waals surface area contributed by atoms with E-state index in [1.54, 1.807) is 0 Å². The Labute approximate surface area is 109 Å². The van der Waals surface area contributed by atoms with Crippen LogP contribution in [-0.4, -0.2) is 20.3 Å². The summed E-state index contributed by atoms with van der Waals surface area (Å²) in [5.74, 6) is 0. The van der Waals surface area contributed by atoms with Crippen molar-refractivity contribution in [1.29, 1.82) is 0 Å². The standard InChI is InChI=1S/C15H19BO2/c1-15(2)10-17-16(18-11-15)14-8-7-12-5-3-4-6-13(12)9-14/h3-6,9H,7-8,10-11H2,1-2H3. The van der Waals surface area contributed by atoms with E-state index in [-0.39, 0.29) is 12.5 Å². The summed E-state index contributed by atoms with van der Waals surface area (Å²) in [6.07, 6.45) is 4.37. The number of fused-ring (bicyclic) bond motifs is 1. The van der Waals surface area contributed by atoms with E-state index in [0.29, 0.717) is 0 Å². The van der Waals surface area contributed by atoms with E-state index >= 15 is 0 Å². The molecular weight excluding hydrogens is 223 g/mol. The van der Waals surface area contributed by atoms with Gasteiger partial charge in [0.25, 0.3) is 0 Å². The van der Waals surface area contributed by atoms with Gasteiger partial charge >= 0.3 is 7.12 Å². The number of hydrogen-bond acceptors (Lipinski definition) is 2. The van der Waals surface area contributed by atoms with E-state index in [1.165, 1.54) is 16.6 Å². The van der Waals surface area contributed by atoms with Gasteiger partial charge in [-0.2, -0.15) is 0 Å². The van der Waals surface area contributed by atoms with Crippen molar-refractivity contribution in [3.05, 3.63) is 40.9 Å². The Balaban J connectivity index is 1.77. The maximum atomic E-state index is 5.86. The Bertz CT molecular complexity index is 469. The Morgan fingerprint density at radius 3 is 2.56 bits per heavy atom. The molecule has 0 spiro atoms. The fourth-order valence-corrected chi connectivity index (χ4v) is 2.55. The van der Waals surface area contributed by atoms with Crippen LogP contribution >= 0.6 is 0 Å². The lowest BCUT2D eigenvalue weighted by atomic mass is 9.69. The van der Waals surface area contributed by atoms with Gasteiger partial charge in [-0.1, -0.05) is 44.2 Å². The summed E-state index contributed by atoms with van der Waals surface area (Å²) in [7, 11) is -0.133. The van der Waals surface area contributed by atoms with Crippen molar-refractivity contribution in [1.82, 2.24) is 0 Å². The molecule has 1 saturated heterocycles. The summed E-state index contributed by atoms with van der Waals surface area (Å²) in [6.45, 7) is 5.90. The summed E-state index contributed by atoms with van der Waals surface area (Å²) < 4.78 is 11.7. The molecule has 0 aromatic heterocycles. The van der Waals surface area contributed by atoms with Crippen molar-refractivity contribution in [2.24, 2.45) is 5.41 Å². The van der Waals surface area contributed by atoms with Crippen LogP contribution in [0.2, 0.25) is 0 Å². The Kier molecular flexibility index (Phi) is 3.04. The summed E-state index contributed by atoms with van der Waals surface area (Å²) in [4.78, 5) is 0. The third-order valence-electron chi connectivity index (χ3n) is 3.63. The van der Waals surface area contributed by atoms with Gasteiger partial charge in [0.15, 0.2) is 0 Å². The van der Waals surface area contributed by atoms with Crippen LogP contribution in [-0.2, 0) is 15.7 Å². The van der Waals surface area contributed by atoms with Gasteiger partial charge in [0, 0.05) is 18.6 Å². The molecule has 0 unspecified atom stereocenters. The highest BCUT2D eigenvalue weighted by Gasteiger charge is 2.35. The predicted molar refractivity (Wildman–Crippen MR) is 74.2 cm³/mol. The molecule has 0 atom stereocenters. The number of allylic oxidation sites excluding steroid dienone is 1. The third kappa shape index (κ3) is 2.38. The molecule has 1 aromatic rings. The summed E-state index contributed by atoms with van der Waals surface area (Å²) in [6, 6.07) is 8.56. The number of rotatable bonds is 1. The van der Waals surface area contributed by atoms with Crippen molar-refractivity contribution < 1.29 is 9.31 Å². The second-order valence-corrected chi connectivity index (χ2v) is 6.04. The molecule has 1 aromatic carbocycles. The van der Waals surface area contributed by atoms with E-state index in [0.717, 1.165) is 26.1 Å². The highest BCUT2D eigenvalue weighted by molar-refractivity contribution is 6.55. The van der Waals surface area contributed by atoms with E-state index in [9.17, 15) is 0 Å². The number of aryl methyl sites for hydroxylation is 1. The molecule has 0 amide bonds. The predicted octanol–water partition coefficient (Wildman–Crippen LogP) is 3.12. The van der Waals surface area contributed by atoms with Crippen LogP contribution in [0.25, 0.3) is 6.08 Å². The molecule has 94 valence electrons. The Morgan fingerprint density at radius 1 is 1.06 bits per heavy atom. The zero-order chi connectivity index (χ0) is 12.6. The van der Waals surface area contributed by atoms with Crippen molar-refractivity contribution >= 4 is 13.2 Å². The largest absolute Gasteiger partial charge is 0.489 e. The highest BCUT2D eigenvalue weighted by Crippen LogP contribution is 2.30. The zero-order valence-electron chi connectivity index (χ0n) is 11.1. The quantitative estimate of drug-likeness (QED) is 0.704. The van der Waals surface area contributed by atoms with Gasteiger partial charge in [-0.25, -0.2) is 0 Å². The molecule has 0 N–H and O–H groups in total. The summed E-state index contributed by atoms with van der Waals surface area (Å²) >= 11 is 0. The summed E-state index contributed by atoms with van der Waals surface area (Å²) in [5.41, 5.74) is 4.17. The lowest BCUT2D eigenvalue weighted by Crippen LogP contribution is -2.42. The van der Waals surface area contributed by atoms with Gasteiger partial charge in [-0.05, 0) is 29.4 Å². The van der Waals surface area contributed by atoms with Crippen LogP contribution in [0.15, 0.2) is 29.7 Å². The van der Waals surface area contributed by atoms with Crippen molar-refractivity contribution in [3.8, 4) is 0 Å². The number of hydrogen-bond donors (Lipinski definition) is 0. The smallest absolute Gasteiger partial charge is 0.407 e. The molecular formula is C15H19BO2. The van der Waals surface area contributed by atoms with Gasteiger partial charge in [0.05, 0.1) is 0 Å². The van der Waals surface area contributed by atoms with Crippen molar-refractivity contribution in [2.45, 2.75) is 26.7 Å². The van der Waals surface area contributed by atoms with E-state index in [4.69, 9.17) is 9.31 Å². The minimum atomic E-state index is -0.133. The second kappa shape index (κ2) is 4.56. The molecule has 3 heteroatoms. The van der Waals surface area contributed by atoms with E-state index < -0.39 is 0 Å². The van der Waals surface area contributed by atoms with Gasteiger partial charge < -0.3 is 9.31 Å². The molecule has 1 fully saturated rings. The van der Waals surface area contributed by atoms with Crippen LogP contribution in [0, 0.1) is 5.41 Å². The SMILES string of the molecule is CC1(C)COB(C2=Cc3ccccc3CC2)OC1. The zero-order valence-corrected chi connectivity index (χ0v) is 11.1. The first kappa shape index (κ1) is 12.0. The van der Waals surface area contributed by atoms with Gasteiger partial charge in [-0.15, -0.1) is 0 Å². The molecule has 0 saturated carbocycles. The first-order valence-corrected chi connectivity index (χ1v) is 6.66. The molecule has 1 aliphatic carbocycles. The van der Waals surface area contributed by atoms with Crippen LogP contribution in [0.3, 0.4) is 0 Å². The molecule has 0 radical (unpaired) electrons. The van der Waals surface area contributed by atoms with Crippen molar-refractivity contribution in [2.75, 3.05) is 13.2 Å².